The summed E-state index contributed by atoms with van der Waals surface area (Å²) in [6, 6.07) is 1.92. The third-order valence-corrected chi connectivity index (χ3v) is 2.27. The number of nitrogens with zero attached hydrogens (tertiary/aromatic N) is 2. The number of rotatable bonds is 0. The fourth-order valence-corrected chi connectivity index (χ4v) is 1.42. The number of aromatic nitrogens is 2. The smallest absolute Gasteiger partial charge is 0.231 e. The highest BCUT2D eigenvalue weighted by Gasteiger charge is 2.20. The summed E-state index contributed by atoms with van der Waals surface area (Å²) in [4.78, 5) is 8.32. The monoisotopic (exact) mass is 205 g/mol. The van der Waals surface area contributed by atoms with E-state index in [2.05, 4.69) is 30.7 Å². The number of nitrogens with two attached hydrogens (primary N) is 1. The first kappa shape index (κ1) is 9.96. The van der Waals surface area contributed by atoms with Crippen molar-refractivity contribution in [2.45, 2.75) is 33.1 Å². The maximum absolute atomic E-state index is 5.80. The molecule has 0 saturated heterocycles. The van der Waals surface area contributed by atoms with Crippen molar-refractivity contribution in [2.24, 2.45) is 0 Å². The van der Waals surface area contributed by atoms with E-state index in [1.165, 1.54) is 0 Å². The van der Waals surface area contributed by atoms with Crippen LogP contribution in [0.5, 0.6) is 0 Å². The van der Waals surface area contributed by atoms with E-state index in [1.54, 1.807) is 6.92 Å². The Morgan fingerprint density at radius 3 is 2.53 bits per heavy atom. The van der Waals surface area contributed by atoms with Crippen LogP contribution in [-0.4, -0.2) is 9.97 Å². The highest BCUT2D eigenvalue weighted by Crippen LogP contribution is 2.30. The molecular formula is C11H15N3O. The molecule has 4 nitrogen and oxygen atoms in total. The van der Waals surface area contributed by atoms with Gasteiger partial charge >= 0.3 is 0 Å². The van der Waals surface area contributed by atoms with E-state index in [1.807, 2.05) is 6.07 Å². The lowest BCUT2D eigenvalue weighted by molar-refractivity contribution is 0.425. The van der Waals surface area contributed by atoms with Crippen molar-refractivity contribution in [1.29, 1.82) is 0 Å². The van der Waals surface area contributed by atoms with E-state index in [0.29, 0.717) is 17.4 Å². The van der Waals surface area contributed by atoms with E-state index in [9.17, 15) is 0 Å². The molecule has 2 aromatic heterocycles. The molecule has 0 saturated carbocycles. The molecule has 2 N–H and O–H groups in total. The number of furan rings is 1. The molecule has 2 aromatic rings. The van der Waals surface area contributed by atoms with Crippen LogP contribution in [0.1, 0.15) is 32.4 Å². The first-order chi connectivity index (χ1) is 6.88. The molecule has 15 heavy (non-hydrogen) atoms. The van der Waals surface area contributed by atoms with Gasteiger partial charge in [-0.25, -0.2) is 4.98 Å². The normalized spacial score (nSPS) is 12.3. The van der Waals surface area contributed by atoms with Gasteiger partial charge in [-0.3, -0.25) is 0 Å². The number of fused-ring (bicyclic) bond motifs is 1. The van der Waals surface area contributed by atoms with Crippen LogP contribution in [0.15, 0.2) is 10.5 Å². The van der Waals surface area contributed by atoms with Crippen LogP contribution in [0.4, 0.5) is 5.82 Å². The zero-order valence-corrected chi connectivity index (χ0v) is 9.46. The van der Waals surface area contributed by atoms with Crippen LogP contribution in [0, 0.1) is 6.92 Å². The van der Waals surface area contributed by atoms with E-state index < -0.39 is 0 Å². The van der Waals surface area contributed by atoms with Gasteiger partial charge in [0.2, 0.25) is 5.71 Å². The molecule has 0 aromatic carbocycles. The quantitative estimate of drug-likeness (QED) is 0.717. The third kappa shape index (κ3) is 1.67. The molecular weight excluding hydrogens is 190 g/mol. The molecule has 0 aliphatic carbocycles. The minimum absolute atomic E-state index is 0.0406. The Morgan fingerprint density at radius 1 is 1.27 bits per heavy atom. The van der Waals surface area contributed by atoms with Crippen molar-refractivity contribution in [3.63, 3.8) is 0 Å². The lowest BCUT2D eigenvalue weighted by Crippen LogP contribution is -2.08. The molecule has 0 unspecified atom stereocenters. The van der Waals surface area contributed by atoms with Crippen LogP contribution in [-0.2, 0) is 5.41 Å². The van der Waals surface area contributed by atoms with Gasteiger partial charge in [-0.2, -0.15) is 4.98 Å². The van der Waals surface area contributed by atoms with E-state index in [4.69, 9.17) is 10.2 Å². The van der Waals surface area contributed by atoms with Gasteiger partial charge in [0.15, 0.2) is 0 Å². The Kier molecular flexibility index (Phi) is 1.96. The Hall–Kier alpha value is -1.58. The molecule has 0 aliphatic rings. The maximum Gasteiger partial charge on any atom is 0.231 e. The lowest BCUT2D eigenvalue weighted by atomic mass is 9.93. The molecule has 0 aliphatic heterocycles. The average molecular weight is 205 g/mol. The number of hydrogen-bond donors (Lipinski definition) is 1. The van der Waals surface area contributed by atoms with Gasteiger partial charge in [0.05, 0.1) is 5.39 Å². The summed E-state index contributed by atoms with van der Waals surface area (Å²) in [5.41, 5.74) is 6.34. The summed E-state index contributed by atoms with van der Waals surface area (Å²) in [7, 11) is 0. The topological polar surface area (TPSA) is 64.9 Å². The summed E-state index contributed by atoms with van der Waals surface area (Å²) < 4.78 is 5.66. The molecule has 0 amide bonds. The highest BCUT2D eigenvalue weighted by atomic mass is 16.3. The summed E-state index contributed by atoms with van der Waals surface area (Å²) in [6.45, 7) is 8.05. The van der Waals surface area contributed by atoms with E-state index in [0.717, 1.165) is 11.1 Å². The standard InChI is InChI=1S/C11H15N3O/c1-6-13-9(12)7-5-8(11(2,3)4)15-10(7)14-6/h5H,1-4H3,(H2,12,13,14). The van der Waals surface area contributed by atoms with Gasteiger partial charge in [0.25, 0.3) is 0 Å². The summed E-state index contributed by atoms with van der Waals surface area (Å²) >= 11 is 0. The first-order valence-electron chi connectivity index (χ1n) is 4.92. The zero-order chi connectivity index (χ0) is 11.2. The van der Waals surface area contributed by atoms with E-state index in [-0.39, 0.29) is 5.41 Å². The second kappa shape index (κ2) is 2.95. The molecule has 0 atom stereocenters. The minimum atomic E-state index is -0.0406. The zero-order valence-electron chi connectivity index (χ0n) is 9.46. The summed E-state index contributed by atoms with van der Waals surface area (Å²) in [6.07, 6.45) is 0. The first-order valence-corrected chi connectivity index (χ1v) is 4.92. The van der Waals surface area contributed by atoms with Crippen molar-refractivity contribution in [2.75, 3.05) is 5.73 Å². The van der Waals surface area contributed by atoms with Crippen molar-refractivity contribution in [3.8, 4) is 0 Å². The van der Waals surface area contributed by atoms with Crippen molar-refractivity contribution >= 4 is 16.9 Å². The second-order valence-corrected chi connectivity index (χ2v) is 4.74. The van der Waals surface area contributed by atoms with E-state index >= 15 is 0 Å². The SMILES string of the molecule is Cc1nc(N)c2cc(C(C)(C)C)oc2n1. The second-order valence-electron chi connectivity index (χ2n) is 4.74. The highest BCUT2D eigenvalue weighted by molar-refractivity contribution is 5.85. The van der Waals surface area contributed by atoms with Crippen molar-refractivity contribution in [3.05, 3.63) is 17.7 Å². The summed E-state index contributed by atoms with van der Waals surface area (Å²) in [5.74, 6) is 2.00. The third-order valence-electron chi connectivity index (χ3n) is 2.27. The van der Waals surface area contributed by atoms with Gasteiger partial charge < -0.3 is 10.2 Å². The molecule has 0 bridgehead atoms. The number of hydrogen-bond acceptors (Lipinski definition) is 4. The van der Waals surface area contributed by atoms with Crippen LogP contribution < -0.4 is 5.73 Å². The molecule has 0 fully saturated rings. The maximum atomic E-state index is 5.80. The number of nitrogen functional groups attached to an aromatic ring is 1. The largest absolute Gasteiger partial charge is 0.442 e. The van der Waals surface area contributed by atoms with Crippen LogP contribution in [0.3, 0.4) is 0 Å². The molecule has 80 valence electrons. The predicted molar refractivity (Wildman–Crippen MR) is 59.7 cm³/mol. The van der Waals surface area contributed by atoms with Gasteiger partial charge in [-0.15, -0.1) is 0 Å². The Labute approximate surface area is 88.5 Å². The molecule has 2 heterocycles. The van der Waals surface area contributed by atoms with Gasteiger partial charge in [0, 0.05) is 5.41 Å². The van der Waals surface area contributed by atoms with Crippen molar-refractivity contribution < 1.29 is 4.42 Å². The predicted octanol–water partition coefficient (Wildman–Crippen LogP) is 2.41. The Balaban J connectivity index is 2.71. The Bertz CT molecular complexity index is 508. The fourth-order valence-electron chi connectivity index (χ4n) is 1.42. The number of aryl methyl sites for hydroxylation is 1. The number of anilines is 1. The molecule has 4 heteroatoms. The molecule has 0 radical (unpaired) electrons. The van der Waals surface area contributed by atoms with Crippen LogP contribution in [0.2, 0.25) is 0 Å². The Morgan fingerprint density at radius 2 is 1.93 bits per heavy atom. The van der Waals surface area contributed by atoms with Crippen LogP contribution in [0.25, 0.3) is 11.1 Å². The summed E-state index contributed by atoms with van der Waals surface area (Å²) in [5, 5.41) is 0.797. The average Bonchev–Trinajstić information content (AvgIpc) is 2.46. The lowest BCUT2D eigenvalue weighted by Gasteiger charge is -2.13. The molecule has 0 spiro atoms. The van der Waals surface area contributed by atoms with Gasteiger partial charge in [-0.1, -0.05) is 20.8 Å². The van der Waals surface area contributed by atoms with Crippen LogP contribution >= 0.6 is 0 Å². The van der Waals surface area contributed by atoms with Crippen molar-refractivity contribution in [1.82, 2.24) is 9.97 Å². The molecule has 2 rings (SSSR count). The fraction of sp³-hybridized carbons (Fsp3) is 0.455. The van der Waals surface area contributed by atoms with Gasteiger partial charge in [-0.05, 0) is 13.0 Å². The van der Waals surface area contributed by atoms with Gasteiger partial charge in [0.1, 0.15) is 17.4 Å². The minimum Gasteiger partial charge on any atom is -0.442 e.